The summed E-state index contributed by atoms with van der Waals surface area (Å²) < 4.78 is 0. The van der Waals surface area contributed by atoms with Crippen LogP contribution in [-0.4, -0.2) is 16.9 Å². The average molecular weight is 206 g/mol. The number of hydrogen-bond donors (Lipinski definition) is 3. The van der Waals surface area contributed by atoms with Gasteiger partial charge in [0.2, 0.25) is 0 Å². The van der Waals surface area contributed by atoms with Crippen molar-refractivity contribution in [3.63, 3.8) is 0 Å². The Hall–Kier alpha value is -2.14. The van der Waals surface area contributed by atoms with Crippen LogP contribution in [0.1, 0.15) is 5.56 Å². The van der Waals surface area contributed by atoms with Crippen molar-refractivity contribution in [2.45, 2.75) is 0 Å². The number of rotatable bonds is 1. The first-order valence-corrected chi connectivity index (χ1v) is 4.04. The highest BCUT2D eigenvalue weighted by Crippen LogP contribution is 2.21. The van der Waals surface area contributed by atoms with Gasteiger partial charge in [0.1, 0.15) is 0 Å². The van der Waals surface area contributed by atoms with Gasteiger partial charge in [-0.25, -0.2) is 0 Å². The summed E-state index contributed by atoms with van der Waals surface area (Å²) >= 11 is 0. The van der Waals surface area contributed by atoms with Crippen LogP contribution in [-0.2, 0) is 9.59 Å². The molecule has 0 spiro atoms. The lowest BCUT2D eigenvalue weighted by Crippen LogP contribution is -2.22. The predicted molar refractivity (Wildman–Crippen MR) is 54.2 cm³/mol. The molecular formula is C10H10N2O3. The van der Waals surface area contributed by atoms with Gasteiger partial charge in [-0.15, -0.1) is 0 Å². The Labute approximate surface area is 86.0 Å². The molecule has 2 amide bonds. The molecule has 78 valence electrons. The summed E-state index contributed by atoms with van der Waals surface area (Å²) in [5.74, 6) is -1.81. The number of amides is 2. The fourth-order valence-corrected chi connectivity index (χ4v) is 1.32. The molecule has 1 aromatic carbocycles. The second kappa shape index (κ2) is 3.93. The molecule has 0 unspecified atom stereocenters. The third-order valence-electron chi connectivity index (χ3n) is 1.97. The van der Waals surface area contributed by atoms with Crippen LogP contribution >= 0.6 is 0 Å². The van der Waals surface area contributed by atoms with Gasteiger partial charge in [-0.3, -0.25) is 14.9 Å². The van der Waals surface area contributed by atoms with Crippen LogP contribution in [0.4, 0.5) is 0 Å². The van der Waals surface area contributed by atoms with E-state index in [-0.39, 0.29) is 11.7 Å². The summed E-state index contributed by atoms with van der Waals surface area (Å²) in [4.78, 5) is 22.2. The average Bonchev–Trinajstić information content (AvgIpc) is 2.43. The Balaban J connectivity index is 0.00000112. The van der Waals surface area contributed by atoms with Crippen molar-refractivity contribution in [3.8, 4) is 0 Å². The van der Waals surface area contributed by atoms with E-state index in [9.17, 15) is 14.7 Å². The van der Waals surface area contributed by atoms with E-state index in [1.54, 1.807) is 30.3 Å². The third kappa shape index (κ3) is 1.72. The second-order valence-corrected chi connectivity index (χ2v) is 2.87. The summed E-state index contributed by atoms with van der Waals surface area (Å²) in [6.45, 7) is 0. The molecule has 0 fully saturated rings. The molecule has 1 aliphatic heterocycles. The Morgan fingerprint density at radius 3 is 2.07 bits per heavy atom. The van der Waals surface area contributed by atoms with Crippen LogP contribution in [0.25, 0.3) is 5.57 Å². The van der Waals surface area contributed by atoms with E-state index in [2.05, 4.69) is 0 Å². The Kier molecular flexibility index (Phi) is 2.87. The first-order chi connectivity index (χ1) is 6.70. The Bertz CT molecular complexity index is 437. The number of aliphatic hydroxyl groups is 1. The van der Waals surface area contributed by atoms with E-state index in [1.165, 1.54) is 0 Å². The molecule has 0 atom stereocenters. The quantitative estimate of drug-likeness (QED) is 0.590. The van der Waals surface area contributed by atoms with Gasteiger partial charge in [0.05, 0.1) is 5.57 Å². The SMILES string of the molecule is N.O=C1NC(=O)C(c2ccccc2)=C1O. The smallest absolute Gasteiger partial charge is 0.293 e. The molecule has 0 bridgehead atoms. The third-order valence-corrected chi connectivity index (χ3v) is 1.97. The van der Waals surface area contributed by atoms with Gasteiger partial charge in [-0.1, -0.05) is 30.3 Å². The minimum Gasteiger partial charge on any atom is -0.502 e. The number of aliphatic hydroxyl groups excluding tert-OH is 1. The normalized spacial score (nSPS) is 14.9. The van der Waals surface area contributed by atoms with Gasteiger partial charge in [0, 0.05) is 0 Å². The molecular weight excluding hydrogens is 196 g/mol. The summed E-state index contributed by atoms with van der Waals surface area (Å²) in [5.41, 5.74) is 0.573. The first-order valence-electron chi connectivity index (χ1n) is 4.04. The van der Waals surface area contributed by atoms with Gasteiger partial charge in [0.25, 0.3) is 11.8 Å². The summed E-state index contributed by atoms with van der Waals surface area (Å²) in [5, 5.41) is 11.3. The number of carbonyl (C=O) groups is 2. The van der Waals surface area contributed by atoms with Gasteiger partial charge < -0.3 is 11.3 Å². The zero-order valence-electron chi connectivity index (χ0n) is 7.86. The molecule has 0 aromatic heterocycles. The fourth-order valence-electron chi connectivity index (χ4n) is 1.32. The highest BCUT2D eigenvalue weighted by molar-refractivity contribution is 6.35. The zero-order valence-corrected chi connectivity index (χ0v) is 7.86. The molecule has 0 saturated carbocycles. The molecule has 5 heteroatoms. The molecule has 15 heavy (non-hydrogen) atoms. The van der Waals surface area contributed by atoms with Gasteiger partial charge >= 0.3 is 0 Å². The fraction of sp³-hybridized carbons (Fsp3) is 0. The highest BCUT2D eigenvalue weighted by Gasteiger charge is 2.30. The standard InChI is InChI=1S/C10H7NO3.H3N/c12-8-7(9(13)11-10(8)14)6-4-2-1-3-5-6;/h1-5H,(H2,11,12,13,14);1H3. The monoisotopic (exact) mass is 206 g/mol. The van der Waals surface area contributed by atoms with E-state index < -0.39 is 17.6 Å². The Morgan fingerprint density at radius 1 is 1.00 bits per heavy atom. The maximum Gasteiger partial charge on any atom is 0.293 e. The van der Waals surface area contributed by atoms with Crippen molar-refractivity contribution in [1.29, 1.82) is 0 Å². The van der Waals surface area contributed by atoms with E-state index in [0.29, 0.717) is 5.56 Å². The van der Waals surface area contributed by atoms with E-state index >= 15 is 0 Å². The molecule has 1 aliphatic rings. The molecule has 2 rings (SSSR count). The van der Waals surface area contributed by atoms with Crippen molar-refractivity contribution in [2.75, 3.05) is 0 Å². The van der Waals surface area contributed by atoms with Crippen molar-refractivity contribution >= 4 is 17.4 Å². The van der Waals surface area contributed by atoms with E-state index in [0.717, 1.165) is 0 Å². The van der Waals surface area contributed by atoms with Gasteiger partial charge in [0.15, 0.2) is 5.76 Å². The minimum absolute atomic E-state index is 0. The van der Waals surface area contributed by atoms with Crippen molar-refractivity contribution in [1.82, 2.24) is 11.5 Å². The first kappa shape index (κ1) is 10.9. The number of benzene rings is 1. The number of carbonyl (C=O) groups excluding carboxylic acids is 2. The predicted octanol–water partition coefficient (Wildman–Crippen LogP) is 0.774. The van der Waals surface area contributed by atoms with Crippen LogP contribution in [0.2, 0.25) is 0 Å². The van der Waals surface area contributed by atoms with E-state index in [1.807, 2.05) is 5.32 Å². The maximum atomic E-state index is 11.2. The maximum absolute atomic E-state index is 11.2. The van der Waals surface area contributed by atoms with Crippen LogP contribution in [0, 0.1) is 0 Å². The van der Waals surface area contributed by atoms with Gasteiger partial charge in [-0.2, -0.15) is 0 Å². The van der Waals surface area contributed by atoms with Gasteiger partial charge in [-0.05, 0) is 5.56 Å². The summed E-state index contributed by atoms with van der Waals surface area (Å²) in [7, 11) is 0. The molecule has 0 aliphatic carbocycles. The van der Waals surface area contributed by atoms with Crippen LogP contribution in [0.5, 0.6) is 0 Å². The Morgan fingerprint density at radius 2 is 1.60 bits per heavy atom. The van der Waals surface area contributed by atoms with E-state index in [4.69, 9.17) is 0 Å². The lowest BCUT2D eigenvalue weighted by molar-refractivity contribution is -0.124. The summed E-state index contributed by atoms with van der Waals surface area (Å²) in [6.07, 6.45) is 0. The molecule has 1 aromatic rings. The molecule has 1 heterocycles. The molecule has 5 N–H and O–H groups in total. The topological polar surface area (TPSA) is 101 Å². The van der Waals surface area contributed by atoms with Crippen LogP contribution in [0.15, 0.2) is 36.1 Å². The minimum atomic E-state index is -0.742. The second-order valence-electron chi connectivity index (χ2n) is 2.87. The lowest BCUT2D eigenvalue weighted by Gasteiger charge is -1.98. The number of imide groups is 1. The van der Waals surface area contributed by atoms with Crippen molar-refractivity contribution < 1.29 is 14.7 Å². The van der Waals surface area contributed by atoms with Crippen molar-refractivity contribution in [2.24, 2.45) is 0 Å². The lowest BCUT2D eigenvalue weighted by atomic mass is 10.1. The highest BCUT2D eigenvalue weighted by atomic mass is 16.3. The molecule has 0 radical (unpaired) electrons. The number of hydrogen-bond acceptors (Lipinski definition) is 4. The molecule has 0 saturated heterocycles. The summed E-state index contributed by atoms with van der Waals surface area (Å²) in [6, 6.07) is 8.56. The number of nitrogens with one attached hydrogen (secondary N) is 1. The van der Waals surface area contributed by atoms with Crippen LogP contribution in [0.3, 0.4) is 0 Å². The molecule has 5 nitrogen and oxygen atoms in total. The zero-order chi connectivity index (χ0) is 10.1. The van der Waals surface area contributed by atoms with Crippen LogP contribution < -0.4 is 11.5 Å². The van der Waals surface area contributed by atoms with Crippen molar-refractivity contribution in [3.05, 3.63) is 41.7 Å². The largest absolute Gasteiger partial charge is 0.502 e.